The molecule has 384 valence electrons. The van der Waals surface area contributed by atoms with Crippen molar-refractivity contribution in [1.29, 1.82) is 0 Å². The molecule has 6 saturated heterocycles. The van der Waals surface area contributed by atoms with Gasteiger partial charge in [-0.05, 0) is 0 Å². The number of ether oxygens (including phenoxy) is 11. The molecule has 30 heteroatoms. The summed E-state index contributed by atoms with van der Waals surface area (Å²) in [6, 6.07) is 0. The van der Waals surface area contributed by atoms with Crippen molar-refractivity contribution < 1.29 is 149 Å². The van der Waals surface area contributed by atoms with E-state index in [1.54, 1.807) is 0 Å². The summed E-state index contributed by atoms with van der Waals surface area (Å²) >= 11 is 0. The molecule has 14 unspecified atom stereocenters. The summed E-state index contributed by atoms with van der Waals surface area (Å²) in [5.74, 6) is 0. The minimum absolute atomic E-state index is 0.151. The first-order valence-electron chi connectivity index (χ1n) is 20.8. The van der Waals surface area contributed by atoms with E-state index in [-0.39, 0.29) is 12.9 Å². The average Bonchev–Trinajstić information content (AvgIpc) is 3.30. The maximum absolute atomic E-state index is 11.2. The Morgan fingerprint density at radius 1 is 0.318 bits per heavy atom. The van der Waals surface area contributed by atoms with E-state index in [0.717, 1.165) is 0 Å². The van der Waals surface area contributed by atoms with E-state index in [1.807, 2.05) is 0 Å². The zero-order chi connectivity index (χ0) is 48.5. The van der Waals surface area contributed by atoms with Gasteiger partial charge in [-0.15, -0.1) is 0 Å². The zero-order valence-electron chi connectivity index (χ0n) is 34.5. The molecule has 0 aliphatic carbocycles. The minimum Gasteiger partial charge on any atom is -0.388 e. The summed E-state index contributed by atoms with van der Waals surface area (Å²) in [7, 11) is 0. The Morgan fingerprint density at radius 3 is 0.879 bits per heavy atom. The third-order valence-corrected chi connectivity index (χ3v) is 12.1. The number of aliphatic hydroxyl groups excluding tert-OH is 18. The van der Waals surface area contributed by atoms with E-state index in [4.69, 9.17) is 52.1 Å². The average molecular weight is 973 g/mol. The first kappa shape index (κ1) is 53.9. The molecule has 6 aliphatic rings. The van der Waals surface area contributed by atoms with Crippen molar-refractivity contribution in [1.82, 2.24) is 0 Å². The normalized spacial score (nSPS) is 52.8. The van der Waals surface area contributed by atoms with Gasteiger partial charge in [-0.2, -0.15) is 0 Å². The van der Waals surface area contributed by atoms with E-state index in [0.29, 0.717) is 0 Å². The molecule has 66 heavy (non-hydrogen) atoms. The van der Waals surface area contributed by atoms with Crippen molar-refractivity contribution in [3.63, 3.8) is 0 Å². The van der Waals surface area contributed by atoms with Gasteiger partial charge in [0.15, 0.2) is 37.7 Å². The van der Waals surface area contributed by atoms with Gasteiger partial charge in [0.2, 0.25) is 0 Å². The minimum atomic E-state index is -2.00. The Kier molecular flexibility index (Phi) is 18.9. The Morgan fingerprint density at radius 2 is 0.576 bits per heavy atom. The lowest BCUT2D eigenvalue weighted by Gasteiger charge is -2.44. The molecule has 6 fully saturated rings. The second-order valence-electron chi connectivity index (χ2n) is 16.7. The molecule has 0 aromatic heterocycles. The van der Waals surface area contributed by atoms with Crippen LogP contribution in [0.3, 0.4) is 0 Å². The van der Waals surface area contributed by atoms with Crippen LogP contribution in [-0.4, -0.2) is 316 Å². The molecule has 6 rings (SSSR count). The number of hydrogen-bond donors (Lipinski definition) is 18. The summed E-state index contributed by atoms with van der Waals surface area (Å²) in [4.78, 5) is 11.2. The molecular weight excluding hydrogens is 912 g/mol. The lowest BCUT2D eigenvalue weighted by Crippen LogP contribution is -2.63. The van der Waals surface area contributed by atoms with Crippen LogP contribution in [0.4, 0.5) is 0 Å². The molecular formula is C36H60O30. The van der Waals surface area contributed by atoms with Crippen LogP contribution < -0.4 is 0 Å². The van der Waals surface area contributed by atoms with Crippen LogP contribution in [0.15, 0.2) is 0 Å². The third kappa shape index (κ3) is 11.6. The third-order valence-electron chi connectivity index (χ3n) is 12.1. The molecule has 30 nitrogen and oxygen atoms in total. The SMILES string of the molecule is O=CC1O[C@@H](OCC2OC(OC[C@H]3O[C@@H](OCC4OC(OC[C@H]5O[C@@H](OC[C@H]6OC[C@H](O)C(O)[C@@H]6O)C(O)C(O)[C@@H]5O)[C@H](O)C(O)[C@@H]4O)C(O)[C@@H](O)C3O)[C@H](O)C(O)[C@@H]2O)C(O)[C@@H](O)C1O. The fourth-order valence-corrected chi connectivity index (χ4v) is 7.85. The highest BCUT2D eigenvalue weighted by molar-refractivity contribution is 5.57. The molecule has 29 atom stereocenters. The largest absolute Gasteiger partial charge is 0.388 e. The van der Waals surface area contributed by atoms with Gasteiger partial charge in [0.1, 0.15) is 146 Å². The van der Waals surface area contributed by atoms with Gasteiger partial charge >= 0.3 is 0 Å². The fourth-order valence-electron chi connectivity index (χ4n) is 7.85. The Balaban J connectivity index is 1.01. The van der Waals surface area contributed by atoms with Crippen LogP contribution in [0.5, 0.6) is 0 Å². The summed E-state index contributed by atoms with van der Waals surface area (Å²) in [5, 5.41) is 187. The quantitative estimate of drug-likeness (QED) is 0.0639. The van der Waals surface area contributed by atoms with E-state index in [2.05, 4.69) is 0 Å². The zero-order valence-corrected chi connectivity index (χ0v) is 34.5. The van der Waals surface area contributed by atoms with Gasteiger partial charge in [0.25, 0.3) is 0 Å². The molecule has 0 saturated carbocycles. The van der Waals surface area contributed by atoms with Gasteiger partial charge < -0.3 is 149 Å². The molecule has 0 radical (unpaired) electrons. The molecule has 18 N–H and O–H groups in total. The predicted octanol–water partition coefficient (Wildman–Crippen LogP) is -13.2. The molecule has 6 heterocycles. The van der Waals surface area contributed by atoms with Gasteiger partial charge in [0, 0.05) is 0 Å². The maximum Gasteiger partial charge on any atom is 0.187 e. The maximum atomic E-state index is 11.2. The van der Waals surface area contributed by atoms with Crippen molar-refractivity contribution in [2.75, 3.05) is 39.6 Å². The van der Waals surface area contributed by atoms with Crippen LogP contribution in [0, 0.1) is 0 Å². The number of hydrogen-bond acceptors (Lipinski definition) is 30. The lowest BCUT2D eigenvalue weighted by atomic mass is 9.97. The molecule has 0 bridgehead atoms. The number of aliphatic hydroxyl groups is 18. The van der Waals surface area contributed by atoms with Gasteiger partial charge in [-0.1, -0.05) is 0 Å². The molecule has 0 aromatic rings. The summed E-state index contributed by atoms with van der Waals surface area (Å²) in [6.45, 7) is -3.90. The first-order valence-corrected chi connectivity index (χ1v) is 20.8. The van der Waals surface area contributed by atoms with Crippen LogP contribution in [0.1, 0.15) is 0 Å². The lowest BCUT2D eigenvalue weighted by molar-refractivity contribution is -0.350. The van der Waals surface area contributed by atoms with Crippen molar-refractivity contribution >= 4 is 6.29 Å². The predicted molar refractivity (Wildman–Crippen MR) is 197 cm³/mol. The number of rotatable bonds is 16. The van der Waals surface area contributed by atoms with Crippen LogP contribution >= 0.6 is 0 Å². The highest BCUT2D eigenvalue weighted by Crippen LogP contribution is 2.31. The van der Waals surface area contributed by atoms with Crippen LogP contribution in [-0.2, 0) is 56.9 Å². The molecule has 0 spiro atoms. The van der Waals surface area contributed by atoms with Gasteiger partial charge in [-0.25, -0.2) is 0 Å². The van der Waals surface area contributed by atoms with Gasteiger partial charge in [-0.3, -0.25) is 0 Å². The summed E-state index contributed by atoms with van der Waals surface area (Å²) in [5.41, 5.74) is 0. The molecule has 0 amide bonds. The van der Waals surface area contributed by atoms with Crippen LogP contribution in [0.2, 0.25) is 0 Å². The summed E-state index contributed by atoms with van der Waals surface area (Å²) in [6.07, 6.45) is -51.0. The fraction of sp³-hybridized carbons (Fsp3) is 0.972. The standard InChI is InChI=1S/C36H60O30/c37-1-9-16(40)22(46)27(51)32(62-9)58-4-11-18(42)24(48)29(53)34(64-11)60-6-13-20(44)26(50)31(55)36(66-13)61-7-14-21(45)25(49)30(54)35(65-14)59-5-12-19(43)23(47)28(52)33(63-12)57-3-10-17(41)15(39)8(38)2-56-10/h1,8-36,38-55H,2-7H2/t8-,9?,10+,11?,12+,13+,14?,15?,16?,17+,18+,19+,20?,21+,22-,23?,24?,25?,26-,27?,28?,29+,30+,31?,32+,33+,34?,35?,36+/m0/s1. The van der Waals surface area contributed by atoms with Crippen molar-refractivity contribution in [2.45, 2.75) is 178 Å². The Hall–Kier alpha value is -1.49. The van der Waals surface area contributed by atoms with Gasteiger partial charge in [0.05, 0.1) is 39.6 Å². The number of carbonyl (C=O) groups excluding carboxylic acids is 1. The van der Waals surface area contributed by atoms with E-state index < -0.39 is 211 Å². The highest BCUT2D eigenvalue weighted by atomic mass is 16.8. The topological polar surface area (TPSA) is 483 Å². The first-order chi connectivity index (χ1) is 31.2. The van der Waals surface area contributed by atoms with E-state index >= 15 is 0 Å². The number of aldehydes is 1. The Labute approximate surface area is 372 Å². The second-order valence-corrected chi connectivity index (χ2v) is 16.7. The van der Waals surface area contributed by atoms with E-state index in [1.165, 1.54) is 0 Å². The van der Waals surface area contributed by atoms with Crippen molar-refractivity contribution in [2.24, 2.45) is 0 Å². The smallest absolute Gasteiger partial charge is 0.187 e. The molecule has 0 aromatic carbocycles. The highest BCUT2D eigenvalue weighted by Gasteiger charge is 2.52. The van der Waals surface area contributed by atoms with Crippen molar-refractivity contribution in [3.8, 4) is 0 Å². The summed E-state index contributed by atoms with van der Waals surface area (Å²) < 4.78 is 59.9. The molecule has 6 aliphatic heterocycles. The van der Waals surface area contributed by atoms with E-state index in [9.17, 15) is 96.7 Å². The second kappa shape index (κ2) is 23.2. The van der Waals surface area contributed by atoms with Crippen molar-refractivity contribution in [3.05, 3.63) is 0 Å². The Bertz CT molecular complexity index is 1510. The van der Waals surface area contributed by atoms with Crippen LogP contribution in [0.25, 0.3) is 0 Å². The number of carbonyl (C=O) groups is 1. The monoisotopic (exact) mass is 972 g/mol.